The van der Waals surface area contributed by atoms with Gasteiger partial charge in [-0.15, -0.1) is 0 Å². The number of hydrogen-bond donors (Lipinski definition) is 2. The van der Waals surface area contributed by atoms with E-state index in [1.165, 1.54) is 12.5 Å². The maximum atomic E-state index is 12.2. The molecule has 1 aromatic carbocycles. The van der Waals surface area contributed by atoms with E-state index in [1.807, 2.05) is 12.1 Å². The number of anilines is 1. The van der Waals surface area contributed by atoms with Crippen LogP contribution in [0.1, 0.15) is 42.6 Å². The molecule has 1 aliphatic rings. The van der Waals surface area contributed by atoms with E-state index < -0.39 is 17.4 Å². The highest BCUT2D eigenvalue weighted by atomic mass is 16.4. The molecule has 0 fully saturated rings. The Morgan fingerprint density at radius 2 is 2.07 bits per heavy atom. The van der Waals surface area contributed by atoms with Crippen LogP contribution in [0.5, 0.6) is 0 Å². The summed E-state index contributed by atoms with van der Waals surface area (Å²) in [7, 11) is 2.11. The van der Waals surface area contributed by atoms with Gasteiger partial charge in [0.1, 0.15) is 0 Å². The fourth-order valence-corrected chi connectivity index (χ4v) is 3.72. The lowest BCUT2D eigenvalue weighted by molar-refractivity contribution is -0.114. The van der Waals surface area contributed by atoms with E-state index in [9.17, 15) is 9.59 Å². The normalized spacial score (nSPS) is 16.4. The Balaban J connectivity index is 1.74. The fraction of sp³-hybridized carbons (Fsp3) is 0.364. The Morgan fingerprint density at radius 1 is 1.31 bits per heavy atom. The molecule has 0 saturated heterocycles. The molecule has 1 atom stereocenters. The number of aromatic nitrogens is 1. The van der Waals surface area contributed by atoms with Gasteiger partial charge in [0.15, 0.2) is 5.78 Å². The molecule has 1 heterocycles. The van der Waals surface area contributed by atoms with Crippen LogP contribution in [0, 0.1) is 0 Å². The van der Waals surface area contributed by atoms with E-state index in [-0.39, 0.29) is 6.04 Å². The monoisotopic (exact) mass is 394 g/mol. The number of aryl methyl sites for hydroxylation is 1. The molecule has 0 bridgehead atoms. The summed E-state index contributed by atoms with van der Waals surface area (Å²) in [5, 5.41) is 14.3. The SMILES string of the molecule is CC(=O)/C(=N\O)C(=O)Nc1cnc2c(c1)C(N(C)CCc1ccccc1)CCC2. The molecule has 152 valence electrons. The topological polar surface area (TPSA) is 94.9 Å². The summed E-state index contributed by atoms with van der Waals surface area (Å²) >= 11 is 0. The predicted octanol–water partition coefficient (Wildman–Crippen LogP) is 2.99. The maximum Gasteiger partial charge on any atom is 0.281 e. The van der Waals surface area contributed by atoms with Crippen molar-refractivity contribution in [3.05, 3.63) is 59.4 Å². The van der Waals surface area contributed by atoms with Crippen LogP contribution in [0.15, 0.2) is 47.8 Å². The van der Waals surface area contributed by atoms with Crippen molar-refractivity contribution in [2.24, 2.45) is 5.16 Å². The second kappa shape index (κ2) is 9.43. The lowest BCUT2D eigenvalue weighted by Crippen LogP contribution is -2.31. The molecule has 0 radical (unpaired) electrons. The van der Waals surface area contributed by atoms with Gasteiger partial charge in [-0.25, -0.2) is 0 Å². The highest BCUT2D eigenvalue weighted by Crippen LogP contribution is 2.34. The summed E-state index contributed by atoms with van der Waals surface area (Å²) in [4.78, 5) is 30.4. The Hall–Kier alpha value is -3.06. The molecule has 7 nitrogen and oxygen atoms in total. The number of oxime groups is 1. The molecule has 29 heavy (non-hydrogen) atoms. The van der Waals surface area contributed by atoms with Gasteiger partial charge in [-0.1, -0.05) is 35.5 Å². The fourth-order valence-electron chi connectivity index (χ4n) is 3.72. The standard InChI is InChI=1S/C22H26N4O3/c1-15(27)21(25-29)22(28)24-17-13-18-19(23-14-17)9-6-10-20(18)26(2)12-11-16-7-4-3-5-8-16/h3-5,7-8,13-14,20,29H,6,9-12H2,1-2H3,(H,24,28)/b25-21+. The van der Waals surface area contributed by atoms with E-state index in [1.54, 1.807) is 6.20 Å². The summed E-state index contributed by atoms with van der Waals surface area (Å²) in [6.07, 6.45) is 5.54. The summed E-state index contributed by atoms with van der Waals surface area (Å²) < 4.78 is 0. The lowest BCUT2D eigenvalue weighted by atomic mass is 9.90. The molecule has 3 rings (SSSR count). The van der Waals surface area contributed by atoms with Crippen molar-refractivity contribution in [2.45, 2.75) is 38.6 Å². The number of ketones is 1. The van der Waals surface area contributed by atoms with Gasteiger partial charge >= 0.3 is 0 Å². The number of rotatable bonds is 7. The first-order valence-electron chi connectivity index (χ1n) is 9.77. The predicted molar refractivity (Wildman–Crippen MR) is 111 cm³/mol. The van der Waals surface area contributed by atoms with Crippen molar-refractivity contribution in [3.8, 4) is 0 Å². The third-order valence-corrected chi connectivity index (χ3v) is 5.29. The second-order valence-electron chi connectivity index (χ2n) is 7.34. The first-order valence-corrected chi connectivity index (χ1v) is 9.77. The quantitative estimate of drug-likeness (QED) is 0.326. The van der Waals surface area contributed by atoms with Gasteiger partial charge in [0, 0.05) is 25.2 Å². The molecular formula is C22H26N4O3. The van der Waals surface area contributed by atoms with Crippen molar-refractivity contribution < 1.29 is 14.8 Å². The average molecular weight is 394 g/mol. The number of Topliss-reactive ketones (excluding diaryl/α,β-unsaturated/α-hetero) is 1. The van der Waals surface area contributed by atoms with Crippen LogP contribution in [-0.2, 0) is 22.4 Å². The smallest absolute Gasteiger partial charge is 0.281 e. The van der Waals surface area contributed by atoms with Crippen molar-refractivity contribution >= 4 is 23.1 Å². The Morgan fingerprint density at radius 3 is 2.76 bits per heavy atom. The van der Waals surface area contributed by atoms with Gasteiger partial charge in [-0.3, -0.25) is 19.5 Å². The van der Waals surface area contributed by atoms with E-state index in [0.29, 0.717) is 5.69 Å². The average Bonchev–Trinajstić information content (AvgIpc) is 2.72. The molecule has 1 aliphatic carbocycles. The van der Waals surface area contributed by atoms with Crippen molar-refractivity contribution in [1.29, 1.82) is 0 Å². The molecule has 2 N–H and O–H groups in total. The number of carbonyl (C=O) groups is 2. The van der Waals surface area contributed by atoms with Crippen LogP contribution in [0.3, 0.4) is 0 Å². The summed E-state index contributed by atoms with van der Waals surface area (Å²) in [5.41, 5.74) is 3.39. The molecule has 0 aliphatic heterocycles. The van der Waals surface area contributed by atoms with Crippen LogP contribution in [-0.4, -0.2) is 46.1 Å². The number of nitrogens with zero attached hydrogens (tertiary/aromatic N) is 3. The van der Waals surface area contributed by atoms with Crippen molar-refractivity contribution in [2.75, 3.05) is 18.9 Å². The van der Waals surface area contributed by atoms with Crippen LogP contribution >= 0.6 is 0 Å². The summed E-state index contributed by atoms with van der Waals surface area (Å²) in [6, 6.07) is 12.5. The van der Waals surface area contributed by atoms with Gasteiger partial charge in [0.05, 0.1) is 11.9 Å². The van der Waals surface area contributed by atoms with Gasteiger partial charge in [0.25, 0.3) is 5.91 Å². The highest BCUT2D eigenvalue weighted by molar-refractivity contribution is 6.67. The van der Waals surface area contributed by atoms with E-state index in [2.05, 4.69) is 51.7 Å². The van der Waals surface area contributed by atoms with Gasteiger partial charge in [-0.2, -0.15) is 0 Å². The number of hydrogen-bond acceptors (Lipinski definition) is 6. The van der Waals surface area contributed by atoms with Crippen LogP contribution in [0.25, 0.3) is 0 Å². The third kappa shape index (κ3) is 5.06. The summed E-state index contributed by atoms with van der Waals surface area (Å²) in [5.74, 6) is -1.35. The molecule has 1 aromatic heterocycles. The highest BCUT2D eigenvalue weighted by Gasteiger charge is 2.26. The minimum Gasteiger partial charge on any atom is -0.410 e. The van der Waals surface area contributed by atoms with Crippen molar-refractivity contribution in [3.63, 3.8) is 0 Å². The molecule has 1 amide bonds. The Kier molecular flexibility index (Phi) is 6.72. The molecule has 0 saturated carbocycles. The molecular weight excluding hydrogens is 368 g/mol. The number of benzene rings is 1. The number of fused-ring (bicyclic) bond motifs is 1. The third-order valence-electron chi connectivity index (χ3n) is 5.29. The molecule has 2 aromatic rings. The second-order valence-corrected chi connectivity index (χ2v) is 7.34. The van der Waals surface area contributed by atoms with E-state index in [0.717, 1.165) is 43.5 Å². The zero-order chi connectivity index (χ0) is 20.8. The Labute approximate surface area is 170 Å². The zero-order valence-corrected chi connectivity index (χ0v) is 16.8. The first-order chi connectivity index (χ1) is 14.0. The van der Waals surface area contributed by atoms with Crippen LogP contribution < -0.4 is 5.32 Å². The zero-order valence-electron chi connectivity index (χ0n) is 16.8. The van der Waals surface area contributed by atoms with E-state index in [4.69, 9.17) is 5.21 Å². The van der Waals surface area contributed by atoms with Gasteiger partial charge in [-0.05, 0) is 49.9 Å². The summed E-state index contributed by atoms with van der Waals surface area (Å²) in [6.45, 7) is 2.09. The number of nitrogens with one attached hydrogen (secondary N) is 1. The molecule has 0 spiro atoms. The minimum atomic E-state index is -0.744. The van der Waals surface area contributed by atoms with Gasteiger partial charge < -0.3 is 10.5 Å². The van der Waals surface area contributed by atoms with E-state index >= 15 is 0 Å². The largest absolute Gasteiger partial charge is 0.410 e. The molecule has 1 unspecified atom stereocenters. The number of pyridine rings is 1. The minimum absolute atomic E-state index is 0.214. The Bertz CT molecular complexity index is 912. The molecule has 7 heteroatoms. The first kappa shape index (κ1) is 20.7. The van der Waals surface area contributed by atoms with Crippen LogP contribution in [0.4, 0.5) is 5.69 Å². The lowest BCUT2D eigenvalue weighted by Gasteiger charge is -2.33. The van der Waals surface area contributed by atoms with Crippen molar-refractivity contribution in [1.82, 2.24) is 9.88 Å². The van der Waals surface area contributed by atoms with Crippen LogP contribution in [0.2, 0.25) is 0 Å². The maximum absolute atomic E-state index is 12.2. The van der Waals surface area contributed by atoms with Gasteiger partial charge in [0.2, 0.25) is 5.71 Å². The number of likely N-dealkylation sites (N-methyl/N-ethyl adjacent to an activating group) is 1. The number of amides is 1. The number of carbonyl (C=O) groups excluding carboxylic acids is 2.